The predicted octanol–water partition coefficient (Wildman–Crippen LogP) is 4.99. The summed E-state index contributed by atoms with van der Waals surface area (Å²) in [6, 6.07) is 16.8. The van der Waals surface area contributed by atoms with Crippen molar-refractivity contribution >= 4 is 46.3 Å². The number of hydrogen-bond donors (Lipinski definition) is 0. The van der Waals surface area contributed by atoms with Crippen molar-refractivity contribution in [1.29, 1.82) is 0 Å². The molecule has 0 amide bonds. The number of anilines is 2. The second kappa shape index (κ2) is 5.33. The first-order valence-corrected chi connectivity index (χ1v) is 8.40. The standard InChI is InChI=1S/C15H10ClN3S2/c16-15-10(17-18-21-15)9-19-11-5-1-3-7-13(11)20-14-8-4-2-6-12(14)19/h1-8H,9H2. The van der Waals surface area contributed by atoms with Gasteiger partial charge in [-0.05, 0) is 24.3 Å². The summed E-state index contributed by atoms with van der Waals surface area (Å²) in [7, 11) is 0. The molecule has 0 aliphatic carbocycles. The lowest BCUT2D eigenvalue weighted by Gasteiger charge is -2.32. The van der Waals surface area contributed by atoms with E-state index in [0.29, 0.717) is 10.9 Å². The summed E-state index contributed by atoms with van der Waals surface area (Å²) in [6.07, 6.45) is 0. The maximum absolute atomic E-state index is 6.17. The van der Waals surface area contributed by atoms with Gasteiger partial charge in [0, 0.05) is 21.3 Å². The molecule has 3 nitrogen and oxygen atoms in total. The van der Waals surface area contributed by atoms with E-state index in [1.807, 2.05) is 0 Å². The van der Waals surface area contributed by atoms with Crippen molar-refractivity contribution in [2.75, 3.05) is 4.90 Å². The van der Waals surface area contributed by atoms with Gasteiger partial charge in [-0.15, -0.1) is 5.10 Å². The fourth-order valence-electron chi connectivity index (χ4n) is 2.39. The average Bonchev–Trinajstić information content (AvgIpc) is 2.92. The first kappa shape index (κ1) is 13.1. The first-order chi connectivity index (χ1) is 10.3. The Bertz CT molecular complexity index is 757. The minimum absolute atomic E-state index is 0.629. The van der Waals surface area contributed by atoms with Gasteiger partial charge in [0.1, 0.15) is 10.0 Å². The zero-order valence-electron chi connectivity index (χ0n) is 10.9. The van der Waals surface area contributed by atoms with Gasteiger partial charge in [-0.1, -0.05) is 52.1 Å². The zero-order valence-corrected chi connectivity index (χ0v) is 13.3. The third-order valence-corrected chi connectivity index (χ3v) is 5.46. The molecule has 2 aromatic carbocycles. The van der Waals surface area contributed by atoms with Crippen molar-refractivity contribution in [2.24, 2.45) is 0 Å². The number of fused-ring (bicyclic) bond motifs is 2. The molecule has 0 saturated heterocycles. The summed E-state index contributed by atoms with van der Waals surface area (Å²) in [5.41, 5.74) is 3.19. The van der Waals surface area contributed by atoms with Gasteiger partial charge in [-0.2, -0.15) is 0 Å². The van der Waals surface area contributed by atoms with Crippen LogP contribution in [-0.2, 0) is 6.54 Å². The SMILES string of the molecule is Clc1snnc1CN1c2ccccc2Sc2ccccc21. The Morgan fingerprint density at radius 3 is 2.14 bits per heavy atom. The number of aromatic nitrogens is 2. The van der Waals surface area contributed by atoms with Gasteiger partial charge in [0.05, 0.1) is 17.9 Å². The minimum atomic E-state index is 0.629. The number of benzene rings is 2. The fourth-order valence-corrected chi connectivity index (χ4v) is 4.10. The largest absolute Gasteiger partial charge is 0.333 e. The molecule has 0 N–H and O–H groups in total. The van der Waals surface area contributed by atoms with Crippen LogP contribution in [0.4, 0.5) is 11.4 Å². The van der Waals surface area contributed by atoms with Gasteiger partial charge in [0.25, 0.3) is 0 Å². The van der Waals surface area contributed by atoms with E-state index in [-0.39, 0.29) is 0 Å². The van der Waals surface area contributed by atoms with Crippen LogP contribution >= 0.6 is 34.9 Å². The summed E-state index contributed by atoms with van der Waals surface area (Å²) in [4.78, 5) is 4.75. The Kier molecular flexibility index (Phi) is 3.33. The summed E-state index contributed by atoms with van der Waals surface area (Å²) in [5, 5.41) is 4.14. The van der Waals surface area contributed by atoms with Crippen molar-refractivity contribution in [2.45, 2.75) is 16.3 Å². The Hall–Kier alpha value is -1.56. The lowest BCUT2D eigenvalue weighted by Crippen LogP contribution is -2.20. The highest BCUT2D eigenvalue weighted by atomic mass is 35.5. The number of nitrogens with zero attached hydrogens (tertiary/aromatic N) is 3. The van der Waals surface area contributed by atoms with Gasteiger partial charge < -0.3 is 4.90 Å². The summed E-state index contributed by atoms with van der Waals surface area (Å²) in [5.74, 6) is 0. The van der Waals surface area contributed by atoms with Crippen LogP contribution in [0.25, 0.3) is 0 Å². The van der Waals surface area contributed by atoms with E-state index in [9.17, 15) is 0 Å². The van der Waals surface area contributed by atoms with Crippen LogP contribution in [0.5, 0.6) is 0 Å². The Morgan fingerprint density at radius 2 is 1.57 bits per heavy atom. The van der Waals surface area contributed by atoms with E-state index in [0.717, 1.165) is 5.69 Å². The smallest absolute Gasteiger partial charge is 0.139 e. The van der Waals surface area contributed by atoms with Gasteiger partial charge >= 0.3 is 0 Å². The number of para-hydroxylation sites is 2. The zero-order chi connectivity index (χ0) is 14.2. The van der Waals surface area contributed by atoms with Crippen molar-refractivity contribution in [3.8, 4) is 0 Å². The van der Waals surface area contributed by atoms with Crippen molar-refractivity contribution in [3.63, 3.8) is 0 Å². The summed E-state index contributed by atoms with van der Waals surface area (Å²) >= 11 is 9.20. The molecule has 4 rings (SSSR count). The van der Waals surface area contributed by atoms with Gasteiger partial charge in [0.2, 0.25) is 0 Å². The third-order valence-electron chi connectivity index (χ3n) is 3.35. The third kappa shape index (κ3) is 2.31. The number of hydrogen-bond acceptors (Lipinski definition) is 5. The Labute approximate surface area is 135 Å². The molecule has 0 spiro atoms. The molecule has 0 bridgehead atoms. The molecule has 0 unspecified atom stereocenters. The van der Waals surface area contributed by atoms with Gasteiger partial charge in [-0.3, -0.25) is 0 Å². The molecule has 6 heteroatoms. The van der Waals surface area contributed by atoms with Crippen LogP contribution in [0.1, 0.15) is 5.69 Å². The van der Waals surface area contributed by atoms with E-state index >= 15 is 0 Å². The topological polar surface area (TPSA) is 29.0 Å². The molecule has 2 heterocycles. The number of rotatable bonds is 2. The van der Waals surface area contributed by atoms with Gasteiger partial charge in [0.15, 0.2) is 0 Å². The molecule has 0 atom stereocenters. The molecule has 104 valence electrons. The molecular formula is C15H10ClN3S2. The van der Waals surface area contributed by atoms with E-state index in [1.54, 1.807) is 11.8 Å². The molecule has 0 radical (unpaired) electrons. The lowest BCUT2D eigenvalue weighted by atomic mass is 10.2. The molecule has 21 heavy (non-hydrogen) atoms. The normalized spacial score (nSPS) is 12.9. The molecular weight excluding hydrogens is 322 g/mol. The van der Waals surface area contributed by atoms with Crippen molar-refractivity contribution in [3.05, 3.63) is 58.6 Å². The van der Waals surface area contributed by atoms with Crippen LogP contribution in [0.3, 0.4) is 0 Å². The van der Waals surface area contributed by atoms with E-state index in [2.05, 4.69) is 63.0 Å². The molecule has 0 fully saturated rings. The van der Waals surface area contributed by atoms with Gasteiger partial charge in [-0.25, -0.2) is 0 Å². The molecule has 0 saturated carbocycles. The van der Waals surface area contributed by atoms with E-state index < -0.39 is 0 Å². The second-order valence-electron chi connectivity index (χ2n) is 4.62. The Balaban J connectivity index is 1.83. The number of halogens is 1. The summed E-state index contributed by atoms with van der Waals surface area (Å²) < 4.78 is 4.58. The van der Waals surface area contributed by atoms with Crippen molar-refractivity contribution < 1.29 is 0 Å². The van der Waals surface area contributed by atoms with E-state index in [1.165, 1.54) is 32.7 Å². The highest BCUT2D eigenvalue weighted by Crippen LogP contribution is 2.48. The van der Waals surface area contributed by atoms with Crippen LogP contribution in [0, 0.1) is 0 Å². The Morgan fingerprint density at radius 1 is 0.952 bits per heavy atom. The van der Waals surface area contributed by atoms with Crippen molar-refractivity contribution in [1.82, 2.24) is 9.59 Å². The fraction of sp³-hybridized carbons (Fsp3) is 0.0667. The quantitative estimate of drug-likeness (QED) is 0.661. The summed E-state index contributed by atoms with van der Waals surface area (Å²) in [6.45, 7) is 0.629. The average molecular weight is 332 g/mol. The molecule has 1 aliphatic heterocycles. The highest BCUT2D eigenvalue weighted by Gasteiger charge is 2.24. The predicted molar refractivity (Wildman–Crippen MR) is 87.8 cm³/mol. The molecule has 1 aromatic heterocycles. The highest BCUT2D eigenvalue weighted by molar-refractivity contribution is 7.99. The monoisotopic (exact) mass is 331 g/mol. The first-order valence-electron chi connectivity index (χ1n) is 6.43. The minimum Gasteiger partial charge on any atom is -0.333 e. The van der Waals surface area contributed by atoms with Crippen LogP contribution in [0.2, 0.25) is 4.34 Å². The van der Waals surface area contributed by atoms with Crippen LogP contribution in [-0.4, -0.2) is 9.59 Å². The lowest BCUT2D eigenvalue weighted by molar-refractivity contribution is 0.887. The van der Waals surface area contributed by atoms with Crippen LogP contribution in [0.15, 0.2) is 58.3 Å². The van der Waals surface area contributed by atoms with Crippen LogP contribution < -0.4 is 4.90 Å². The maximum Gasteiger partial charge on any atom is 0.139 e. The maximum atomic E-state index is 6.17. The van der Waals surface area contributed by atoms with E-state index in [4.69, 9.17) is 11.6 Å². The second-order valence-corrected chi connectivity index (χ2v) is 7.06. The molecule has 3 aromatic rings. The molecule has 1 aliphatic rings.